The maximum Gasteiger partial charge on any atom is 0.309 e. The average molecular weight is 448 g/mol. The van der Waals surface area contributed by atoms with E-state index in [0.717, 1.165) is 5.56 Å². The summed E-state index contributed by atoms with van der Waals surface area (Å²) in [5.74, 6) is 0.721. The Balaban J connectivity index is 1.54. The third kappa shape index (κ3) is 5.77. The summed E-state index contributed by atoms with van der Waals surface area (Å²) in [4.78, 5) is 12.7. The van der Waals surface area contributed by atoms with Crippen molar-refractivity contribution < 1.29 is 27.4 Å². The van der Waals surface area contributed by atoms with Gasteiger partial charge in [0.05, 0.1) is 24.0 Å². The van der Waals surface area contributed by atoms with Crippen LogP contribution in [0.3, 0.4) is 0 Å². The van der Waals surface area contributed by atoms with Gasteiger partial charge < -0.3 is 14.2 Å². The van der Waals surface area contributed by atoms with E-state index in [2.05, 4.69) is 0 Å². The minimum absolute atomic E-state index is 0.139. The Kier molecular flexibility index (Phi) is 7.92. The second-order valence-corrected chi connectivity index (χ2v) is 9.17. The van der Waals surface area contributed by atoms with Crippen LogP contribution in [-0.4, -0.2) is 45.0 Å². The third-order valence-corrected chi connectivity index (χ3v) is 7.12. The van der Waals surface area contributed by atoms with Gasteiger partial charge in [0.2, 0.25) is 10.0 Å². The molecule has 1 aliphatic rings. The summed E-state index contributed by atoms with van der Waals surface area (Å²) < 4.78 is 43.6. The van der Waals surface area contributed by atoms with Gasteiger partial charge in [0.25, 0.3) is 0 Å². The van der Waals surface area contributed by atoms with E-state index in [4.69, 9.17) is 14.2 Å². The number of hydrogen-bond acceptors (Lipinski definition) is 6. The van der Waals surface area contributed by atoms with Gasteiger partial charge in [-0.3, -0.25) is 4.79 Å². The third-order valence-electron chi connectivity index (χ3n) is 5.20. The summed E-state index contributed by atoms with van der Waals surface area (Å²) in [5, 5.41) is 0. The van der Waals surface area contributed by atoms with E-state index in [0.29, 0.717) is 37.6 Å². The molecule has 0 bridgehead atoms. The van der Waals surface area contributed by atoms with Crippen LogP contribution in [0.25, 0.3) is 0 Å². The second-order valence-electron chi connectivity index (χ2n) is 7.23. The van der Waals surface area contributed by atoms with Gasteiger partial charge in [-0.05, 0) is 57.0 Å². The number of nitrogens with zero attached hydrogens (tertiary/aromatic N) is 1. The standard InChI is InChI=1S/C23H29NO6S/c1-3-28-20-9-11-21(12-10-20)31(26,27)24-15-13-18(14-16-24)23(25)30-17-19-7-5-6-8-22(19)29-4-2/h5-12,18H,3-4,13-17H2,1-2H3. The highest BCUT2D eigenvalue weighted by Crippen LogP contribution is 2.27. The van der Waals surface area contributed by atoms with E-state index in [1.807, 2.05) is 38.1 Å². The molecule has 7 nitrogen and oxygen atoms in total. The molecule has 1 aliphatic heterocycles. The maximum absolute atomic E-state index is 12.9. The lowest BCUT2D eigenvalue weighted by Crippen LogP contribution is -2.40. The molecule has 2 aromatic rings. The number of rotatable bonds is 9. The van der Waals surface area contributed by atoms with Crippen molar-refractivity contribution in [3.05, 3.63) is 54.1 Å². The molecule has 2 aromatic carbocycles. The minimum Gasteiger partial charge on any atom is -0.494 e. The Morgan fingerprint density at radius 3 is 2.26 bits per heavy atom. The van der Waals surface area contributed by atoms with Crippen molar-refractivity contribution >= 4 is 16.0 Å². The van der Waals surface area contributed by atoms with Crippen LogP contribution >= 0.6 is 0 Å². The van der Waals surface area contributed by atoms with Gasteiger partial charge in [-0.1, -0.05) is 18.2 Å². The van der Waals surface area contributed by atoms with Crippen molar-refractivity contribution in [2.24, 2.45) is 5.92 Å². The molecule has 0 atom stereocenters. The van der Waals surface area contributed by atoms with Crippen molar-refractivity contribution in [3.8, 4) is 11.5 Å². The number of sulfonamides is 1. The topological polar surface area (TPSA) is 82.1 Å². The summed E-state index contributed by atoms with van der Waals surface area (Å²) in [7, 11) is -3.60. The van der Waals surface area contributed by atoms with Crippen molar-refractivity contribution in [1.82, 2.24) is 4.31 Å². The Morgan fingerprint density at radius 1 is 0.968 bits per heavy atom. The molecule has 0 unspecified atom stereocenters. The first-order valence-corrected chi connectivity index (χ1v) is 12.0. The van der Waals surface area contributed by atoms with Gasteiger partial charge in [0.15, 0.2) is 0 Å². The lowest BCUT2D eigenvalue weighted by atomic mass is 9.98. The van der Waals surface area contributed by atoms with Crippen LogP contribution in [0.4, 0.5) is 0 Å². The van der Waals surface area contributed by atoms with Gasteiger partial charge in [-0.2, -0.15) is 4.31 Å². The molecular formula is C23H29NO6S. The van der Waals surface area contributed by atoms with Gasteiger partial charge in [0.1, 0.15) is 18.1 Å². The van der Waals surface area contributed by atoms with Crippen LogP contribution in [0, 0.1) is 5.92 Å². The second kappa shape index (κ2) is 10.6. The number of ether oxygens (including phenoxy) is 3. The maximum atomic E-state index is 12.9. The van der Waals surface area contributed by atoms with E-state index in [1.54, 1.807) is 24.3 Å². The molecule has 0 N–H and O–H groups in total. The Morgan fingerprint density at radius 2 is 1.61 bits per heavy atom. The molecule has 0 spiro atoms. The molecule has 0 aliphatic carbocycles. The zero-order valence-electron chi connectivity index (χ0n) is 18.0. The fraction of sp³-hybridized carbons (Fsp3) is 0.435. The number of para-hydroxylation sites is 1. The number of piperidine rings is 1. The van der Waals surface area contributed by atoms with Crippen LogP contribution in [0.15, 0.2) is 53.4 Å². The summed E-state index contributed by atoms with van der Waals surface area (Å²) in [6, 6.07) is 13.9. The SMILES string of the molecule is CCOc1ccc(S(=O)(=O)N2CCC(C(=O)OCc3ccccc3OCC)CC2)cc1. The Bertz CT molecular complexity index is 966. The average Bonchev–Trinajstić information content (AvgIpc) is 2.79. The number of carbonyl (C=O) groups excluding carboxylic acids is 1. The zero-order chi connectivity index (χ0) is 22.3. The first-order chi connectivity index (χ1) is 15.0. The van der Waals surface area contributed by atoms with Crippen LogP contribution in [-0.2, 0) is 26.2 Å². The lowest BCUT2D eigenvalue weighted by molar-refractivity contribution is -0.151. The monoisotopic (exact) mass is 447 g/mol. The smallest absolute Gasteiger partial charge is 0.309 e. The van der Waals surface area contributed by atoms with E-state index in [-0.39, 0.29) is 36.5 Å². The van der Waals surface area contributed by atoms with Crippen molar-refractivity contribution in [2.75, 3.05) is 26.3 Å². The molecule has 31 heavy (non-hydrogen) atoms. The molecule has 0 radical (unpaired) electrons. The van der Waals surface area contributed by atoms with Gasteiger partial charge >= 0.3 is 5.97 Å². The molecule has 3 rings (SSSR count). The molecule has 168 valence electrons. The highest BCUT2D eigenvalue weighted by molar-refractivity contribution is 7.89. The quantitative estimate of drug-likeness (QED) is 0.546. The summed E-state index contributed by atoms with van der Waals surface area (Å²) >= 11 is 0. The number of carbonyl (C=O) groups is 1. The van der Waals surface area contributed by atoms with Crippen molar-refractivity contribution in [1.29, 1.82) is 0 Å². The fourth-order valence-electron chi connectivity index (χ4n) is 3.54. The predicted octanol–water partition coefficient (Wildman–Crippen LogP) is 3.63. The molecule has 1 heterocycles. The van der Waals surface area contributed by atoms with Crippen LogP contribution in [0.2, 0.25) is 0 Å². The molecule has 0 aromatic heterocycles. The summed E-state index contributed by atoms with van der Waals surface area (Å²) in [6.07, 6.45) is 0.865. The Hall–Kier alpha value is -2.58. The molecule has 0 amide bonds. The fourth-order valence-corrected chi connectivity index (χ4v) is 5.01. The molecule has 1 fully saturated rings. The number of benzene rings is 2. The lowest BCUT2D eigenvalue weighted by Gasteiger charge is -2.30. The highest BCUT2D eigenvalue weighted by atomic mass is 32.2. The molecule has 0 saturated carbocycles. The molecule has 8 heteroatoms. The van der Waals surface area contributed by atoms with Gasteiger partial charge in [-0.15, -0.1) is 0 Å². The van der Waals surface area contributed by atoms with Crippen LogP contribution in [0.5, 0.6) is 11.5 Å². The molecule has 1 saturated heterocycles. The van der Waals surface area contributed by atoms with E-state index >= 15 is 0 Å². The van der Waals surface area contributed by atoms with E-state index < -0.39 is 10.0 Å². The van der Waals surface area contributed by atoms with Crippen LogP contribution < -0.4 is 9.47 Å². The highest BCUT2D eigenvalue weighted by Gasteiger charge is 2.32. The van der Waals surface area contributed by atoms with Gasteiger partial charge in [-0.25, -0.2) is 8.42 Å². The van der Waals surface area contributed by atoms with Crippen LogP contribution in [0.1, 0.15) is 32.3 Å². The number of esters is 1. The number of hydrogen-bond donors (Lipinski definition) is 0. The first-order valence-electron chi connectivity index (χ1n) is 10.6. The first kappa shape index (κ1) is 23.1. The van der Waals surface area contributed by atoms with E-state index in [9.17, 15) is 13.2 Å². The molecular weight excluding hydrogens is 418 g/mol. The van der Waals surface area contributed by atoms with E-state index in [1.165, 1.54) is 4.31 Å². The Labute approximate surface area is 184 Å². The van der Waals surface area contributed by atoms with Gasteiger partial charge in [0, 0.05) is 18.7 Å². The normalized spacial score (nSPS) is 15.4. The summed E-state index contributed by atoms with van der Waals surface area (Å²) in [5.41, 5.74) is 0.813. The van der Waals surface area contributed by atoms with Crippen molar-refractivity contribution in [2.45, 2.75) is 38.2 Å². The zero-order valence-corrected chi connectivity index (χ0v) is 18.8. The predicted molar refractivity (Wildman–Crippen MR) is 117 cm³/mol. The largest absolute Gasteiger partial charge is 0.494 e. The van der Waals surface area contributed by atoms with Crippen molar-refractivity contribution in [3.63, 3.8) is 0 Å². The minimum atomic E-state index is -3.60. The summed E-state index contributed by atoms with van der Waals surface area (Å²) in [6.45, 7) is 5.53.